The number of amides is 1. The van der Waals surface area contributed by atoms with Gasteiger partial charge in [-0.3, -0.25) is 4.79 Å². The van der Waals surface area contributed by atoms with Crippen molar-refractivity contribution in [2.24, 2.45) is 0 Å². The van der Waals surface area contributed by atoms with Crippen LogP contribution in [0.5, 0.6) is 0 Å². The van der Waals surface area contributed by atoms with E-state index < -0.39 is 0 Å². The van der Waals surface area contributed by atoms with E-state index in [1.54, 1.807) is 0 Å². The molecule has 0 bridgehead atoms. The topological polar surface area (TPSA) is 20.3 Å². The molecule has 1 aliphatic heterocycles. The van der Waals surface area contributed by atoms with E-state index in [-0.39, 0.29) is 5.91 Å². The zero-order chi connectivity index (χ0) is 8.97. The predicted octanol–water partition coefficient (Wildman–Crippen LogP) is 1.53. The highest BCUT2D eigenvalue weighted by molar-refractivity contribution is 7.99. The molecular formula is C9H15NOS. The Kier molecular flexibility index (Phi) is 3.66. The van der Waals surface area contributed by atoms with Crippen molar-refractivity contribution in [2.75, 3.05) is 18.1 Å². The van der Waals surface area contributed by atoms with Crippen LogP contribution in [0.1, 0.15) is 13.3 Å². The molecule has 0 spiro atoms. The second-order valence-electron chi connectivity index (χ2n) is 2.99. The van der Waals surface area contributed by atoms with E-state index in [1.165, 1.54) is 11.8 Å². The number of carbonyl (C=O) groups is 1. The normalized spacial score (nSPS) is 24.8. The molecule has 2 nitrogen and oxygen atoms in total. The Morgan fingerprint density at radius 1 is 1.67 bits per heavy atom. The van der Waals surface area contributed by atoms with Crippen molar-refractivity contribution in [1.82, 2.24) is 4.90 Å². The predicted molar refractivity (Wildman–Crippen MR) is 53.3 cm³/mol. The van der Waals surface area contributed by atoms with Crippen LogP contribution in [0.2, 0.25) is 0 Å². The highest BCUT2D eigenvalue weighted by Crippen LogP contribution is 2.15. The molecule has 0 saturated carbocycles. The summed E-state index contributed by atoms with van der Waals surface area (Å²) in [6, 6.07) is 0.380. The van der Waals surface area contributed by atoms with Crippen LogP contribution < -0.4 is 0 Å². The Bertz CT molecular complexity index is 181. The maximum atomic E-state index is 11.3. The van der Waals surface area contributed by atoms with Crippen molar-refractivity contribution in [3.8, 4) is 0 Å². The second-order valence-corrected chi connectivity index (χ2v) is 4.21. The number of hydrogen-bond donors (Lipinski definition) is 0. The van der Waals surface area contributed by atoms with Crippen molar-refractivity contribution in [1.29, 1.82) is 0 Å². The van der Waals surface area contributed by atoms with Crippen LogP contribution in [0.4, 0.5) is 0 Å². The van der Waals surface area contributed by atoms with Crippen molar-refractivity contribution >= 4 is 17.7 Å². The standard InChI is InChI=1S/C9H15NOS/c1-3-9(11)10-5-7-12-6-4-8(10)2/h3,8H,1,4-7H2,2H3. The molecule has 0 aromatic rings. The smallest absolute Gasteiger partial charge is 0.246 e. The average Bonchev–Trinajstić information content (AvgIpc) is 2.28. The number of nitrogens with zero attached hydrogens (tertiary/aromatic N) is 1. The number of rotatable bonds is 1. The third-order valence-electron chi connectivity index (χ3n) is 2.15. The molecule has 0 aromatic carbocycles. The van der Waals surface area contributed by atoms with Gasteiger partial charge in [-0.1, -0.05) is 6.58 Å². The molecule has 1 rings (SSSR count). The van der Waals surface area contributed by atoms with E-state index in [1.807, 2.05) is 16.7 Å². The zero-order valence-corrected chi connectivity index (χ0v) is 8.27. The van der Waals surface area contributed by atoms with E-state index in [2.05, 4.69) is 13.5 Å². The molecule has 0 aromatic heterocycles. The van der Waals surface area contributed by atoms with Gasteiger partial charge in [0.1, 0.15) is 0 Å². The van der Waals surface area contributed by atoms with Gasteiger partial charge in [0.2, 0.25) is 5.91 Å². The van der Waals surface area contributed by atoms with Gasteiger partial charge in [-0.15, -0.1) is 0 Å². The molecule has 12 heavy (non-hydrogen) atoms. The maximum absolute atomic E-state index is 11.3. The summed E-state index contributed by atoms with van der Waals surface area (Å²) in [6.45, 7) is 6.48. The molecule has 68 valence electrons. The maximum Gasteiger partial charge on any atom is 0.246 e. The number of hydrogen-bond acceptors (Lipinski definition) is 2. The highest BCUT2D eigenvalue weighted by Gasteiger charge is 2.19. The molecule has 1 heterocycles. The Labute approximate surface area is 78.0 Å². The van der Waals surface area contributed by atoms with Gasteiger partial charge in [0.25, 0.3) is 0 Å². The Morgan fingerprint density at radius 2 is 2.42 bits per heavy atom. The minimum absolute atomic E-state index is 0.0741. The molecule has 1 aliphatic rings. The number of carbonyl (C=O) groups excluding carboxylic acids is 1. The number of thioether (sulfide) groups is 1. The van der Waals surface area contributed by atoms with E-state index in [9.17, 15) is 4.79 Å². The monoisotopic (exact) mass is 185 g/mol. The SMILES string of the molecule is C=CC(=O)N1CCSCCC1C. The lowest BCUT2D eigenvalue weighted by atomic mass is 10.2. The van der Waals surface area contributed by atoms with Gasteiger partial charge < -0.3 is 4.90 Å². The first-order valence-electron chi connectivity index (χ1n) is 4.26. The van der Waals surface area contributed by atoms with Crippen LogP contribution in [-0.2, 0) is 4.79 Å². The summed E-state index contributed by atoms with van der Waals surface area (Å²) in [5.74, 6) is 2.30. The van der Waals surface area contributed by atoms with Gasteiger partial charge in [-0.25, -0.2) is 0 Å². The summed E-state index contributed by atoms with van der Waals surface area (Å²) in [6.07, 6.45) is 2.51. The minimum Gasteiger partial charge on any atom is -0.336 e. The third-order valence-corrected chi connectivity index (χ3v) is 3.14. The summed E-state index contributed by atoms with van der Waals surface area (Å²) < 4.78 is 0. The molecule has 3 heteroatoms. The summed E-state index contributed by atoms with van der Waals surface area (Å²) in [7, 11) is 0. The molecule has 1 amide bonds. The summed E-state index contributed by atoms with van der Waals surface area (Å²) in [5, 5.41) is 0. The fourth-order valence-electron chi connectivity index (χ4n) is 1.34. The summed E-state index contributed by atoms with van der Waals surface area (Å²) >= 11 is 1.92. The van der Waals surface area contributed by atoms with Gasteiger partial charge in [-0.2, -0.15) is 11.8 Å². The Morgan fingerprint density at radius 3 is 3.08 bits per heavy atom. The van der Waals surface area contributed by atoms with Crippen molar-refractivity contribution in [2.45, 2.75) is 19.4 Å². The molecular weight excluding hydrogens is 170 g/mol. The van der Waals surface area contributed by atoms with Crippen LogP contribution in [0.15, 0.2) is 12.7 Å². The lowest BCUT2D eigenvalue weighted by molar-refractivity contribution is -0.127. The zero-order valence-electron chi connectivity index (χ0n) is 7.45. The molecule has 1 atom stereocenters. The minimum atomic E-state index is 0.0741. The van der Waals surface area contributed by atoms with Gasteiger partial charge in [-0.05, 0) is 25.2 Å². The molecule has 0 radical (unpaired) electrons. The van der Waals surface area contributed by atoms with Crippen molar-refractivity contribution in [3.63, 3.8) is 0 Å². The van der Waals surface area contributed by atoms with E-state index in [4.69, 9.17) is 0 Å². The summed E-state index contributed by atoms with van der Waals surface area (Å²) in [4.78, 5) is 13.2. The van der Waals surface area contributed by atoms with Crippen LogP contribution in [-0.4, -0.2) is 34.9 Å². The van der Waals surface area contributed by atoms with Crippen molar-refractivity contribution in [3.05, 3.63) is 12.7 Å². The van der Waals surface area contributed by atoms with E-state index in [0.29, 0.717) is 6.04 Å². The Balaban J connectivity index is 2.58. The largest absolute Gasteiger partial charge is 0.336 e. The highest BCUT2D eigenvalue weighted by atomic mass is 32.2. The quantitative estimate of drug-likeness (QED) is 0.577. The van der Waals surface area contributed by atoms with Crippen LogP contribution in [0.3, 0.4) is 0 Å². The van der Waals surface area contributed by atoms with Gasteiger partial charge in [0, 0.05) is 18.3 Å². The molecule has 1 saturated heterocycles. The van der Waals surface area contributed by atoms with E-state index in [0.717, 1.165) is 18.7 Å². The van der Waals surface area contributed by atoms with Gasteiger partial charge in [0.15, 0.2) is 0 Å². The lowest BCUT2D eigenvalue weighted by Crippen LogP contribution is -2.37. The lowest BCUT2D eigenvalue weighted by Gasteiger charge is -2.25. The molecule has 0 aliphatic carbocycles. The van der Waals surface area contributed by atoms with Crippen LogP contribution >= 0.6 is 11.8 Å². The van der Waals surface area contributed by atoms with Crippen LogP contribution in [0, 0.1) is 0 Å². The fraction of sp³-hybridized carbons (Fsp3) is 0.667. The summed E-state index contributed by atoms with van der Waals surface area (Å²) in [5.41, 5.74) is 0. The molecule has 1 unspecified atom stereocenters. The molecule has 0 N–H and O–H groups in total. The third kappa shape index (κ3) is 2.27. The molecule has 1 fully saturated rings. The van der Waals surface area contributed by atoms with Gasteiger partial charge >= 0.3 is 0 Å². The average molecular weight is 185 g/mol. The first-order valence-corrected chi connectivity index (χ1v) is 5.42. The second kappa shape index (κ2) is 4.55. The van der Waals surface area contributed by atoms with Crippen LogP contribution in [0.25, 0.3) is 0 Å². The van der Waals surface area contributed by atoms with Gasteiger partial charge in [0.05, 0.1) is 0 Å². The fourth-order valence-corrected chi connectivity index (χ4v) is 2.38. The Hall–Kier alpha value is -0.440. The first kappa shape index (κ1) is 9.65. The first-order chi connectivity index (χ1) is 5.75. The van der Waals surface area contributed by atoms with Crippen molar-refractivity contribution < 1.29 is 4.79 Å². The van der Waals surface area contributed by atoms with E-state index >= 15 is 0 Å².